The van der Waals surface area contributed by atoms with Gasteiger partial charge in [0.25, 0.3) is 0 Å². The second-order valence-corrected chi connectivity index (χ2v) is 2.22. The molecule has 3 heteroatoms. The van der Waals surface area contributed by atoms with Gasteiger partial charge in [-0.2, -0.15) is 0 Å². The van der Waals surface area contributed by atoms with E-state index in [2.05, 4.69) is 11.4 Å². The van der Waals surface area contributed by atoms with Crippen LogP contribution in [-0.4, -0.2) is 5.91 Å². The third-order valence-corrected chi connectivity index (χ3v) is 1.14. The second kappa shape index (κ2) is 3.05. The van der Waals surface area contributed by atoms with E-state index in [4.69, 9.17) is 5.73 Å². The van der Waals surface area contributed by atoms with Crippen LogP contribution in [0.25, 0.3) is 0 Å². The number of benzene rings is 1. The molecule has 0 unspecified atom stereocenters. The maximum absolute atomic E-state index is 10.6. The summed E-state index contributed by atoms with van der Waals surface area (Å²) < 4.78 is 0. The van der Waals surface area contributed by atoms with E-state index in [1.807, 2.05) is 0 Å². The number of anilines is 2. The molecule has 1 aromatic carbocycles. The molecule has 1 radical (unpaired) electrons. The summed E-state index contributed by atoms with van der Waals surface area (Å²) >= 11 is 0. The van der Waals surface area contributed by atoms with Crippen LogP contribution in [0.1, 0.15) is 6.92 Å². The Labute approximate surface area is 65.2 Å². The van der Waals surface area contributed by atoms with Crippen molar-refractivity contribution in [2.75, 3.05) is 11.1 Å². The first-order chi connectivity index (χ1) is 5.18. The van der Waals surface area contributed by atoms with Crippen LogP contribution in [0.2, 0.25) is 0 Å². The Balaban J connectivity index is 2.79. The van der Waals surface area contributed by atoms with E-state index in [1.165, 1.54) is 6.92 Å². The lowest BCUT2D eigenvalue weighted by Gasteiger charge is -2.00. The summed E-state index contributed by atoms with van der Waals surface area (Å²) in [5.74, 6) is -0.119. The summed E-state index contributed by atoms with van der Waals surface area (Å²) in [7, 11) is 0. The monoisotopic (exact) mass is 149 g/mol. The number of nitrogen functional groups attached to an aromatic ring is 1. The number of nitrogens with two attached hydrogens (primary N) is 1. The summed E-state index contributed by atoms with van der Waals surface area (Å²) in [4.78, 5) is 10.6. The van der Waals surface area contributed by atoms with Crippen molar-refractivity contribution in [1.82, 2.24) is 0 Å². The molecular formula is C8H9N2O. The molecule has 0 bridgehead atoms. The SMILES string of the molecule is CC(=O)Nc1[c]ccc(N)c1. The van der Waals surface area contributed by atoms with Crippen molar-refractivity contribution in [3.05, 3.63) is 24.3 Å². The van der Waals surface area contributed by atoms with Gasteiger partial charge in [0.15, 0.2) is 0 Å². The fraction of sp³-hybridized carbons (Fsp3) is 0.125. The van der Waals surface area contributed by atoms with Crippen LogP contribution in [0.5, 0.6) is 0 Å². The van der Waals surface area contributed by atoms with Gasteiger partial charge >= 0.3 is 0 Å². The van der Waals surface area contributed by atoms with E-state index >= 15 is 0 Å². The van der Waals surface area contributed by atoms with Gasteiger partial charge in [0.1, 0.15) is 0 Å². The third kappa shape index (κ3) is 2.29. The quantitative estimate of drug-likeness (QED) is 0.586. The molecule has 57 valence electrons. The molecule has 3 nitrogen and oxygen atoms in total. The molecule has 11 heavy (non-hydrogen) atoms. The van der Waals surface area contributed by atoms with Gasteiger partial charge in [-0.3, -0.25) is 4.79 Å². The molecule has 0 saturated heterocycles. The highest BCUT2D eigenvalue weighted by Crippen LogP contribution is 2.10. The Bertz CT molecular complexity index is 271. The first-order valence-corrected chi connectivity index (χ1v) is 3.23. The lowest BCUT2D eigenvalue weighted by molar-refractivity contribution is -0.114. The van der Waals surface area contributed by atoms with E-state index < -0.39 is 0 Å². The van der Waals surface area contributed by atoms with Gasteiger partial charge < -0.3 is 11.1 Å². The number of nitrogens with one attached hydrogen (secondary N) is 1. The van der Waals surface area contributed by atoms with Crippen molar-refractivity contribution in [2.24, 2.45) is 0 Å². The van der Waals surface area contributed by atoms with Gasteiger partial charge in [0.05, 0.1) is 5.69 Å². The van der Waals surface area contributed by atoms with Crippen molar-refractivity contribution in [3.8, 4) is 0 Å². The predicted molar refractivity (Wildman–Crippen MR) is 44.0 cm³/mol. The van der Waals surface area contributed by atoms with Gasteiger partial charge in [-0.15, -0.1) is 0 Å². The van der Waals surface area contributed by atoms with Gasteiger partial charge in [-0.05, 0) is 12.1 Å². The average Bonchev–Trinajstić information content (AvgIpc) is 1.85. The van der Waals surface area contributed by atoms with Crippen molar-refractivity contribution in [2.45, 2.75) is 6.92 Å². The van der Waals surface area contributed by atoms with Crippen molar-refractivity contribution in [3.63, 3.8) is 0 Å². The molecule has 1 rings (SSSR count). The maximum Gasteiger partial charge on any atom is 0.221 e. The van der Waals surface area contributed by atoms with E-state index in [-0.39, 0.29) is 5.91 Å². The molecule has 1 amide bonds. The molecule has 0 heterocycles. The molecule has 0 aromatic heterocycles. The summed E-state index contributed by atoms with van der Waals surface area (Å²) in [5.41, 5.74) is 6.69. The molecule has 0 saturated carbocycles. The normalized spacial score (nSPS) is 9.18. The summed E-state index contributed by atoms with van der Waals surface area (Å²) in [6, 6.07) is 7.86. The predicted octanol–water partition coefficient (Wildman–Crippen LogP) is 1.03. The van der Waals surface area contributed by atoms with Crippen LogP contribution in [0, 0.1) is 6.07 Å². The van der Waals surface area contributed by atoms with Crippen LogP contribution in [0.4, 0.5) is 11.4 Å². The summed E-state index contributed by atoms with van der Waals surface area (Å²) in [5, 5.41) is 2.57. The van der Waals surface area contributed by atoms with Gasteiger partial charge in [-0.25, -0.2) is 0 Å². The summed E-state index contributed by atoms with van der Waals surface area (Å²) in [6.45, 7) is 1.44. The molecule has 0 spiro atoms. The number of hydrogen-bond acceptors (Lipinski definition) is 2. The summed E-state index contributed by atoms with van der Waals surface area (Å²) in [6.07, 6.45) is 0. The average molecular weight is 149 g/mol. The zero-order chi connectivity index (χ0) is 8.27. The Hall–Kier alpha value is -1.51. The Morgan fingerprint density at radius 3 is 3.00 bits per heavy atom. The lowest BCUT2D eigenvalue weighted by Crippen LogP contribution is -2.05. The minimum Gasteiger partial charge on any atom is -0.399 e. The van der Waals surface area contributed by atoms with E-state index in [0.717, 1.165) is 0 Å². The Morgan fingerprint density at radius 1 is 1.73 bits per heavy atom. The number of carbonyl (C=O) groups is 1. The highest BCUT2D eigenvalue weighted by Gasteiger charge is 1.94. The Morgan fingerprint density at radius 2 is 2.45 bits per heavy atom. The lowest BCUT2D eigenvalue weighted by atomic mass is 10.3. The van der Waals surface area contributed by atoms with Crippen molar-refractivity contribution in [1.29, 1.82) is 0 Å². The topological polar surface area (TPSA) is 55.1 Å². The first kappa shape index (κ1) is 7.60. The highest BCUT2D eigenvalue weighted by molar-refractivity contribution is 5.88. The van der Waals surface area contributed by atoms with Crippen molar-refractivity contribution < 1.29 is 4.79 Å². The fourth-order valence-electron chi connectivity index (χ4n) is 0.746. The smallest absolute Gasteiger partial charge is 0.221 e. The fourth-order valence-corrected chi connectivity index (χ4v) is 0.746. The Kier molecular flexibility index (Phi) is 2.11. The van der Waals surface area contributed by atoms with Crippen LogP contribution in [-0.2, 0) is 4.79 Å². The number of amides is 1. The molecule has 0 aliphatic heterocycles. The molecule has 0 aliphatic rings. The molecule has 3 N–H and O–H groups in total. The molecule has 0 atom stereocenters. The zero-order valence-corrected chi connectivity index (χ0v) is 6.22. The zero-order valence-electron chi connectivity index (χ0n) is 6.22. The minimum absolute atomic E-state index is 0.119. The number of hydrogen-bond donors (Lipinski definition) is 2. The van der Waals surface area contributed by atoms with Crippen molar-refractivity contribution >= 4 is 17.3 Å². The molecule has 1 aromatic rings. The van der Waals surface area contributed by atoms with E-state index in [1.54, 1.807) is 18.2 Å². The third-order valence-electron chi connectivity index (χ3n) is 1.14. The largest absolute Gasteiger partial charge is 0.399 e. The van der Waals surface area contributed by atoms with Gasteiger partial charge in [-0.1, -0.05) is 6.07 Å². The van der Waals surface area contributed by atoms with Crippen LogP contribution in [0.15, 0.2) is 18.2 Å². The molecule has 0 aliphatic carbocycles. The first-order valence-electron chi connectivity index (χ1n) is 3.23. The van der Waals surface area contributed by atoms with Gasteiger partial charge in [0.2, 0.25) is 5.91 Å². The van der Waals surface area contributed by atoms with Crippen LogP contribution >= 0.6 is 0 Å². The standard InChI is InChI=1S/C8H9N2O/c1-6(11)10-8-4-2-3-7(9)5-8/h2-3,5H,9H2,1H3,(H,10,11). The maximum atomic E-state index is 10.6. The van der Waals surface area contributed by atoms with E-state index in [9.17, 15) is 4.79 Å². The number of carbonyl (C=O) groups excluding carboxylic acids is 1. The van der Waals surface area contributed by atoms with Crippen LogP contribution < -0.4 is 11.1 Å². The minimum atomic E-state index is -0.119. The number of rotatable bonds is 1. The van der Waals surface area contributed by atoms with E-state index in [0.29, 0.717) is 11.4 Å². The van der Waals surface area contributed by atoms with Gasteiger partial charge in [0, 0.05) is 18.7 Å². The van der Waals surface area contributed by atoms with Crippen LogP contribution in [0.3, 0.4) is 0 Å². The molecule has 0 fully saturated rings. The highest BCUT2D eigenvalue weighted by atomic mass is 16.1. The molecular weight excluding hydrogens is 140 g/mol. The second-order valence-electron chi connectivity index (χ2n) is 2.22.